The van der Waals surface area contributed by atoms with Crippen LogP contribution in [-0.2, 0) is 19.6 Å². The van der Waals surface area contributed by atoms with Crippen molar-refractivity contribution < 1.29 is 18.0 Å². The average molecular weight is 481 g/mol. The van der Waals surface area contributed by atoms with Gasteiger partial charge in [0.25, 0.3) is 0 Å². The Hall–Kier alpha value is -3.22. The lowest BCUT2D eigenvalue weighted by Gasteiger charge is -2.31. The van der Waals surface area contributed by atoms with Crippen molar-refractivity contribution in [2.45, 2.75) is 43.5 Å². The lowest BCUT2D eigenvalue weighted by Crippen LogP contribution is -2.43. The zero-order chi connectivity index (χ0) is 24.3. The maximum absolute atomic E-state index is 12.9. The summed E-state index contributed by atoms with van der Waals surface area (Å²) in [6.07, 6.45) is 2.79. The minimum atomic E-state index is -3.65. The second-order valence-corrected chi connectivity index (χ2v) is 10.9. The number of amides is 2. The van der Waals surface area contributed by atoms with E-state index in [4.69, 9.17) is 5.26 Å². The van der Waals surface area contributed by atoms with Crippen LogP contribution in [0.5, 0.6) is 0 Å². The zero-order valence-corrected chi connectivity index (χ0v) is 19.8. The van der Waals surface area contributed by atoms with Gasteiger partial charge in [-0.3, -0.25) is 9.59 Å². The van der Waals surface area contributed by atoms with Gasteiger partial charge in [-0.2, -0.15) is 9.57 Å². The van der Waals surface area contributed by atoms with Crippen LogP contribution in [0.3, 0.4) is 0 Å². The number of sulfonamides is 1. The molecular weight excluding hydrogens is 452 g/mol. The Labute approximate surface area is 200 Å². The van der Waals surface area contributed by atoms with E-state index >= 15 is 0 Å². The molecule has 2 aromatic rings. The van der Waals surface area contributed by atoms with Crippen molar-refractivity contribution in [2.24, 2.45) is 11.8 Å². The molecule has 1 aliphatic heterocycles. The largest absolute Gasteiger partial charge is 0.349 e. The van der Waals surface area contributed by atoms with Crippen LogP contribution in [0.15, 0.2) is 53.4 Å². The van der Waals surface area contributed by atoms with E-state index in [0.29, 0.717) is 18.4 Å². The fraction of sp³-hybridized carbons (Fsp3) is 0.400. The summed E-state index contributed by atoms with van der Waals surface area (Å²) in [6, 6.07) is 15.1. The van der Waals surface area contributed by atoms with Gasteiger partial charge >= 0.3 is 0 Å². The number of carbonyl (C=O) groups is 2. The van der Waals surface area contributed by atoms with Crippen LogP contribution in [0.2, 0.25) is 0 Å². The van der Waals surface area contributed by atoms with Gasteiger partial charge in [0.2, 0.25) is 21.8 Å². The Morgan fingerprint density at radius 1 is 0.941 bits per heavy atom. The number of piperidine rings is 1. The molecule has 9 heteroatoms. The topological polar surface area (TPSA) is 119 Å². The van der Waals surface area contributed by atoms with E-state index in [1.165, 1.54) is 28.6 Å². The SMILES string of the molecule is CC(NC(=O)C1CCN(S(=O)(=O)c2ccc(C#N)cc2)CC1)c1ccc(NC(=O)C2CC2)cc1. The average Bonchev–Trinajstić information content (AvgIpc) is 3.70. The van der Waals surface area contributed by atoms with Crippen LogP contribution < -0.4 is 10.6 Å². The summed E-state index contributed by atoms with van der Waals surface area (Å²) < 4.78 is 27.2. The predicted molar refractivity (Wildman–Crippen MR) is 127 cm³/mol. The van der Waals surface area contributed by atoms with Crippen molar-refractivity contribution in [3.63, 3.8) is 0 Å². The molecular formula is C25H28N4O4S. The molecule has 1 atom stereocenters. The first-order valence-electron chi connectivity index (χ1n) is 11.5. The smallest absolute Gasteiger partial charge is 0.243 e. The van der Waals surface area contributed by atoms with Crippen LogP contribution in [0.1, 0.15) is 49.8 Å². The van der Waals surface area contributed by atoms with Crippen molar-refractivity contribution in [3.8, 4) is 6.07 Å². The van der Waals surface area contributed by atoms with Crippen molar-refractivity contribution in [1.29, 1.82) is 5.26 Å². The molecule has 2 aliphatic rings. The minimum absolute atomic E-state index is 0.0571. The molecule has 0 radical (unpaired) electrons. The van der Waals surface area contributed by atoms with Gasteiger partial charge in [0.15, 0.2) is 0 Å². The van der Waals surface area contributed by atoms with Crippen molar-refractivity contribution >= 4 is 27.5 Å². The molecule has 2 fully saturated rings. The number of carbonyl (C=O) groups excluding carboxylic acids is 2. The van der Waals surface area contributed by atoms with Gasteiger partial charge in [-0.15, -0.1) is 0 Å². The normalized spacial score (nSPS) is 18.0. The van der Waals surface area contributed by atoms with Gasteiger partial charge in [0.05, 0.1) is 22.6 Å². The first-order valence-corrected chi connectivity index (χ1v) is 12.9. The summed E-state index contributed by atoms with van der Waals surface area (Å²) in [5.74, 6) is -0.147. The van der Waals surface area contributed by atoms with E-state index in [-0.39, 0.29) is 47.7 Å². The van der Waals surface area contributed by atoms with Crippen LogP contribution >= 0.6 is 0 Å². The molecule has 34 heavy (non-hydrogen) atoms. The lowest BCUT2D eigenvalue weighted by molar-refractivity contribution is -0.126. The Morgan fingerprint density at radius 3 is 2.09 bits per heavy atom. The van der Waals surface area contributed by atoms with Crippen molar-refractivity contribution in [2.75, 3.05) is 18.4 Å². The van der Waals surface area contributed by atoms with E-state index in [1.54, 1.807) is 0 Å². The number of hydrogen-bond acceptors (Lipinski definition) is 5. The Balaban J connectivity index is 1.29. The summed E-state index contributed by atoms with van der Waals surface area (Å²) in [7, 11) is -3.65. The zero-order valence-electron chi connectivity index (χ0n) is 19.0. The monoisotopic (exact) mass is 480 g/mol. The van der Waals surface area contributed by atoms with E-state index in [2.05, 4.69) is 10.6 Å². The number of anilines is 1. The van der Waals surface area contributed by atoms with Gasteiger partial charge in [-0.25, -0.2) is 8.42 Å². The fourth-order valence-electron chi connectivity index (χ4n) is 4.07. The molecule has 4 rings (SSSR count). The molecule has 2 aromatic carbocycles. The number of nitrogens with zero attached hydrogens (tertiary/aromatic N) is 2. The molecule has 178 valence electrons. The molecule has 8 nitrogen and oxygen atoms in total. The first-order chi connectivity index (χ1) is 16.3. The molecule has 0 aromatic heterocycles. The van der Waals surface area contributed by atoms with Gasteiger partial charge in [0.1, 0.15) is 0 Å². The molecule has 2 N–H and O–H groups in total. The van der Waals surface area contributed by atoms with Crippen molar-refractivity contribution in [1.82, 2.24) is 9.62 Å². The highest BCUT2D eigenvalue weighted by molar-refractivity contribution is 7.89. The van der Waals surface area contributed by atoms with Crippen molar-refractivity contribution in [3.05, 3.63) is 59.7 Å². The lowest BCUT2D eigenvalue weighted by atomic mass is 9.96. The third-order valence-electron chi connectivity index (χ3n) is 6.43. The Bertz CT molecular complexity index is 1190. The Kier molecular flexibility index (Phi) is 7.00. The molecule has 0 bridgehead atoms. The van der Waals surface area contributed by atoms with Gasteiger partial charge in [0, 0.05) is 30.6 Å². The van der Waals surface area contributed by atoms with Gasteiger partial charge in [-0.1, -0.05) is 12.1 Å². The first kappa shape index (κ1) is 23.9. The molecule has 0 spiro atoms. The highest BCUT2D eigenvalue weighted by atomic mass is 32.2. The number of hydrogen-bond donors (Lipinski definition) is 2. The van der Waals surface area contributed by atoms with E-state index in [1.807, 2.05) is 37.3 Å². The highest BCUT2D eigenvalue weighted by Crippen LogP contribution is 2.30. The third kappa shape index (κ3) is 5.46. The summed E-state index contributed by atoms with van der Waals surface area (Å²) in [5.41, 5.74) is 2.08. The fourth-order valence-corrected chi connectivity index (χ4v) is 5.54. The molecule has 1 saturated heterocycles. The summed E-state index contributed by atoms with van der Waals surface area (Å²) >= 11 is 0. The van der Waals surface area contributed by atoms with Crippen LogP contribution in [0.4, 0.5) is 5.69 Å². The predicted octanol–water partition coefficient (Wildman–Crippen LogP) is 3.18. The van der Waals surface area contributed by atoms with E-state index < -0.39 is 10.0 Å². The van der Waals surface area contributed by atoms with Crippen LogP contribution in [-0.4, -0.2) is 37.6 Å². The molecule has 1 saturated carbocycles. The molecule has 1 unspecified atom stereocenters. The number of benzene rings is 2. The minimum Gasteiger partial charge on any atom is -0.349 e. The van der Waals surface area contributed by atoms with Gasteiger partial charge in [-0.05, 0) is 74.6 Å². The molecule has 2 amide bonds. The second-order valence-electron chi connectivity index (χ2n) is 8.93. The third-order valence-corrected chi connectivity index (χ3v) is 8.34. The summed E-state index contributed by atoms with van der Waals surface area (Å²) in [4.78, 5) is 24.8. The Morgan fingerprint density at radius 2 is 1.53 bits per heavy atom. The molecule has 1 heterocycles. The number of nitrogens with one attached hydrogen (secondary N) is 2. The van der Waals surface area contributed by atoms with Crippen LogP contribution in [0, 0.1) is 23.2 Å². The van der Waals surface area contributed by atoms with E-state index in [9.17, 15) is 18.0 Å². The maximum atomic E-state index is 12.9. The van der Waals surface area contributed by atoms with E-state index in [0.717, 1.165) is 24.1 Å². The van der Waals surface area contributed by atoms with Gasteiger partial charge < -0.3 is 10.6 Å². The standard InChI is InChI=1S/C25H28N4O4S/c1-17(19-6-8-22(9-7-19)28-25(31)20-4-5-20)27-24(30)21-12-14-29(15-13-21)34(32,33)23-10-2-18(16-26)3-11-23/h2-3,6-11,17,20-21H,4-5,12-15H2,1H3,(H,27,30)(H,28,31). The summed E-state index contributed by atoms with van der Waals surface area (Å²) in [6.45, 7) is 2.44. The maximum Gasteiger partial charge on any atom is 0.243 e. The second kappa shape index (κ2) is 9.95. The van der Waals surface area contributed by atoms with Crippen LogP contribution in [0.25, 0.3) is 0 Å². The number of nitriles is 1. The highest BCUT2D eigenvalue weighted by Gasteiger charge is 2.32. The summed E-state index contributed by atoms with van der Waals surface area (Å²) in [5, 5.41) is 14.8. The number of rotatable bonds is 7. The molecule has 1 aliphatic carbocycles. The quantitative estimate of drug-likeness (QED) is 0.631.